The predicted molar refractivity (Wildman–Crippen MR) is 82.4 cm³/mol. The summed E-state index contributed by atoms with van der Waals surface area (Å²) in [7, 11) is 0. The molecule has 0 saturated carbocycles. The fourth-order valence-electron chi connectivity index (χ4n) is 2.45. The first-order valence-corrected chi connectivity index (χ1v) is 7.59. The van der Waals surface area contributed by atoms with Crippen LogP contribution in [0.25, 0.3) is 0 Å². The summed E-state index contributed by atoms with van der Waals surface area (Å²) in [5.41, 5.74) is 2.57. The molecule has 1 aliphatic heterocycles. The predicted octanol–water partition coefficient (Wildman–Crippen LogP) is 4.40. The number of ketones is 1. The molecule has 2 nitrogen and oxygen atoms in total. The number of rotatable bonds is 2. The van der Waals surface area contributed by atoms with Crippen LogP contribution in [0.1, 0.15) is 34.3 Å². The average molecular weight is 331 g/mol. The zero-order valence-corrected chi connectivity index (χ0v) is 12.7. The first-order valence-electron chi connectivity index (χ1n) is 6.80. The van der Waals surface area contributed by atoms with Crippen molar-refractivity contribution in [2.75, 3.05) is 6.61 Å². The largest absolute Gasteiger partial charge is 0.493 e. The van der Waals surface area contributed by atoms with Gasteiger partial charge < -0.3 is 4.74 Å². The SMILES string of the molecule is O=C(c1cccc(Br)c1)c1ccc2c(c1)CCCCO2. The number of aryl methyl sites for hydroxylation is 1. The lowest BCUT2D eigenvalue weighted by atomic mass is 9.99. The van der Waals surface area contributed by atoms with Crippen molar-refractivity contribution in [3.63, 3.8) is 0 Å². The maximum atomic E-state index is 12.5. The summed E-state index contributed by atoms with van der Waals surface area (Å²) in [6, 6.07) is 13.2. The smallest absolute Gasteiger partial charge is 0.193 e. The highest BCUT2D eigenvalue weighted by Crippen LogP contribution is 2.26. The third-order valence-corrected chi connectivity index (χ3v) is 4.00. The van der Waals surface area contributed by atoms with Gasteiger partial charge >= 0.3 is 0 Å². The Balaban J connectivity index is 1.94. The zero-order chi connectivity index (χ0) is 13.9. The molecule has 0 aliphatic carbocycles. The zero-order valence-electron chi connectivity index (χ0n) is 11.1. The van der Waals surface area contributed by atoms with Gasteiger partial charge in [0.25, 0.3) is 0 Å². The van der Waals surface area contributed by atoms with E-state index in [4.69, 9.17) is 4.74 Å². The summed E-state index contributed by atoms with van der Waals surface area (Å²) in [6.45, 7) is 0.770. The lowest BCUT2D eigenvalue weighted by Crippen LogP contribution is -2.03. The van der Waals surface area contributed by atoms with Gasteiger partial charge in [0.1, 0.15) is 5.75 Å². The molecule has 0 fully saturated rings. The van der Waals surface area contributed by atoms with Gasteiger partial charge in [-0.05, 0) is 55.2 Å². The summed E-state index contributed by atoms with van der Waals surface area (Å²) in [5, 5.41) is 0. The van der Waals surface area contributed by atoms with Crippen LogP contribution in [0.15, 0.2) is 46.9 Å². The highest BCUT2D eigenvalue weighted by atomic mass is 79.9. The number of carbonyl (C=O) groups is 1. The van der Waals surface area contributed by atoms with Gasteiger partial charge in [-0.3, -0.25) is 4.79 Å². The van der Waals surface area contributed by atoms with Gasteiger partial charge in [0.15, 0.2) is 5.78 Å². The van der Waals surface area contributed by atoms with E-state index in [1.807, 2.05) is 42.5 Å². The standard InChI is InChI=1S/C17H15BrO2/c18-15-6-3-5-13(11-15)17(19)14-7-8-16-12(10-14)4-1-2-9-20-16/h3,5-8,10-11H,1-2,4,9H2. The molecule has 0 atom stereocenters. The van der Waals surface area contributed by atoms with Crippen LogP contribution in [0.3, 0.4) is 0 Å². The molecule has 0 aromatic heterocycles. The van der Waals surface area contributed by atoms with Gasteiger partial charge in [0, 0.05) is 15.6 Å². The van der Waals surface area contributed by atoms with E-state index in [9.17, 15) is 4.79 Å². The second-order valence-corrected chi connectivity index (χ2v) is 5.88. The fraction of sp³-hybridized carbons (Fsp3) is 0.235. The van der Waals surface area contributed by atoms with Crippen molar-refractivity contribution in [2.24, 2.45) is 0 Å². The summed E-state index contributed by atoms with van der Waals surface area (Å²) in [4.78, 5) is 12.5. The molecule has 0 radical (unpaired) electrons. The van der Waals surface area contributed by atoms with Crippen molar-refractivity contribution >= 4 is 21.7 Å². The Morgan fingerprint density at radius 3 is 2.75 bits per heavy atom. The van der Waals surface area contributed by atoms with Crippen LogP contribution in [-0.4, -0.2) is 12.4 Å². The van der Waals surface area contributed by atoms with E-state index in [2.05, 4.69) is 15.9 Å². The Morgan fingerprint density at radius 1 is 1.05 bits per heavy atom. The summed E-state index contributed by atoms with van der Waals surface area (Å²) < 4.78 is 6.61. The minimum Gasteiger partial charge on any atom is -0.493 e. The first-order chi connectivity index (χ1) is 9.74. The molecule has 0 spiro atoms. The normalized spacial score (nSPS) is 14.1. The van der Waals surface area contributed by atoms with Crippen LogP contribution >= 0.6 is 15.9 Å². The van der Waals surface area contributed by atoms with Crippen molar-refractivity contribution in [3.8, 4) is 5.75 Å². The second kappa shape index (κ2) is 5.80. The van der Waals surface area contributed by atoms with Crippen molar-refractivity contribution in [3.05, 3.63) is 63.6 Å². The highest BCUT2D eigenvalue weighted by molar-refractivity contribution is 9.10. The summed E-state index contributed by atoms with van der Waals surface area (Å²) >= 11 is 3.40. The van der Waals surface area contributed by atoms with Crippen LogP contribution in [0.5, 0.6) is 5.75 Å². The van der Waals surface area contributed by atoms with E-state index in [-0.39, 0.29) is 5.78 Å². The molecule has 20 heavy (non-hydrogen) atoms. The lowest BCUT2D eigenvalue weighted by Gasteiger charge is -2.09. The maximum absolute atomic E-state index is 12.5. The lowest BCUT2D eigenvalue weighted by molar-refractivity contribution is 0.103. The maximum Gasteiger partial charge on any atom is 0.193 e. The molecule has 0 N–H and O–H groups in total. The van der Waals surface area contributed by atoms with E-state index in [0.717, 1.165) is 47.2 Å². The van der Waals surface area contributed by atoms with E-state index >= 15 is 0 Å². The summed E-state index contributed by atoms with van der Waals surface area (Å²) in [6.07, 6.45) is 3.17. The molecule has 0 unspecified atom stereocenters. The van der Waals surface area contributed by atoms with E-state index in [1.165, 1.54) is 0 Å². The number of carbonyl (C=O) groups excluding carboxylic acids is 1. The van der Waals surface area contributed by atoms with Gasteiger partial charge in [-0.1, -0.05) is 28.1 Å². The molecule has 2 aromatic carbocycles. The quantitative estimate of drug-likeness (QED) is 0.763. The Hall–Kier alpha value is -1.61. The van der Waals surface area contributed by atoms with Crippen LogP contribution in [-0.2, 0) is 6.42 Å². The molecule has 0 amide bonds. The van der Waals surface area contributed by atoms with E-state index in [0.29, 0.717) is 5.56 Å². The Morgan fingerprint density at radius 2 is 1.90 bits per heavy atom. The number of fused-ring (bicyclic) bond motifs is 1. The second-order valence-electron chi connectivity index (χ2n) is 4.97. The van der Waals surface area contributed by atoms with Gasteiger partial charge in [-0.2, -0.15) is 0 Å². The molecular formula is C17H15BrO2. The van der Waals surface area contributed by atoms with Crippen LogP contribution in [0.2, 0.25) is 0 Å². The number of hydrogen-bond acceptors (Lipinski definition) is 2. The topological polar surface area (TPSA) is 26.3 Å². The van der Waals surface area contributed by atoms with Crippen molar-refractivity contribution in [2.45, 2.75) is 19.3 Å². The Bertz CT molecular complexity index is 649. The van der Waals surface area contributed by atoms with Gasteiger partial charge in [0.2, 0.25) is 0 Å². The molecule has 0 saturated heterocycles. The summed E-state index contributed by atoms with van der Waals surface area (Å²) in [5.74, 6) is 0.978. The first kappa shape index (κ1) is 13.4. The Labute approximate surface area is 126 Å². The third kappa shape index (κ3) is 2.78. The highest BCUT2D eigenvalue weighted by Gasteiger charge is 2.14. The molecule has 0 bridgehead atoms. The van der Waals surface area contributed by atoms with Crippen LogP contribution in [0.4, 0.5) is 0 Å². The Kier molecular flexibility index (Phi) is 3.88. The van der Waals surface area contributed by atoms with Gasteiger partial charge in [0.05, 0.1) is 6.61 Å². The number of ether oxygens (including phenoxy) is 1. The van der Waals surface area contributed by atoms with Crippen molar-refractivity contribution in [1.82, 2.24) is 0 Å². The van der Waals surface area contributed by atoms with Crippen LogP contribution < -0.4 is 4.74 Å². The van der Waals surface area contributed by atoms with E-state index < -0.39 is 0 Å². The molecule has 1 aliphatic rings. The molecule has 2 aromatic rings. The molecule has 102 valence electrons. The molecule has 1 heterocycles. The molecule has 3 rings (SSSR count). The third-order valence-electron chi connectivity index (χ3n) is 3.51. The number of halogens is 1. The fourth-order valence-corrected chi connectivity index (χ4v) is 2.85. The van der Waals surface area contributed by atoms with Crippen molar-refractivity contribution < 1.29 is 9.53 Å². The molecule has 3 heteroatoms. The van der Waals surface area contributed by atoms with Gasteiger partial charge in [-0.25, -0.2) is 0 Å². The van der Waals surface area contributed by atoms with E-state index in [1.54, 1.807) is 0 Å². The number of hydrogen-bond donors (Lipinski definition) is 0. The van der Waals surface area contributed by atoms with Gasteiger partial charge in [-0.15, -0.1) is 0 Å². The monoisotopic (exact) mass is 330 g/mol. The average Bonchev–Trinajstić information content (AvgIpc) is 2.71. The molecular weight excluding hydrogens is 316 g/mol. The minimum absolute atomic E-state index is 0.0540. The minimum atomic E-state index is 0.0540. The van der Waals surface area contributed by atoms with Crippen molar-refractivity contribution in [1.29, 1.82) is 0 Å². The van der Waals surface area contributed by atoms with Crippen LogP contribution in [0, 0.1) is 0 Å². The number of benzene rings is 2.